The van der Waals surface area contributed by atoms with E-state index in [4.69, 9.17) is 21.5 Å². The molecule has 8 heteroatoms. The zero-order valence-electron chi connectivity index (χ0n) is 8.18. The van der Waals surface area contributed by atoms with E-state index in [-0.39, 0.29) is 13.2 Å². The summed E-state index contributed by atoms with van der Waals surface area (Å²) in [5, 5.41) is 16.2. The molecule has 0 saturated carbocycles. The Kier molecular flexibility index (Phi) is 13.6. The van der Waals surface area contributed by atoms with Crippen molar-refractivity contribution < 1.29 is 28.6 Å². The van der Waals surface area contributed by atoms with E-state index in [0.29, 0.717) is 13.2 Å². The summed E-state index contributed by atoms with van der Waals surface area (Å²) in [4.78, 5) is 0. The monoisotopic (exact) mass is 250 g/mol. The van der Waals surface area contributed by atoms with Gasteiger partial charge in [-0.05, 0) is 0 Å². The number of hydrogen-bond acceptors (Lipinski definition) is 6. The van der Waals surface area contributed by atoms with E-state index in [2.05, 4.69) is 13.8 Å². The molecule has 0 fully saturated rings. The molecule has 0 saturated heterocycles. The van der Waals surface area contributed by atoms with Crippen LogP contribution in [0.3, 0.4) is 0 Å². The first-order chi connectivity index (χ1) is 6.54. The van der Waals surface area contributed by atoms with E-state index in [0.717, 1.165) is 0 Å². The van der Waals surface area contributed by atoms with Gasteiger partial charge in [-0.1, -0.05) is 0 Å². The maximum Gasteiger partial charge on any atom is 0.423 e. The van der Waals surface area contributed by atoms with Crippen LogP contribution in [0.4, 0.5) is 0 Å². The number of hydrogen-bond donors (Lipinski definition) is 2. The molecule has 14 heavy (non-hydrogen) atoms. The van der Waals surface area contributed by atoms with Gasteiger partial charge in [0.05, 0.1) is 26.4 Å². The molecule has 0 amide bonds. The van der Waals surface area contributed by atoms with E-state index < -0.39 is 6.95 Å². The van der Waals surface area contributed by atoms with Gasteiger partial charge in [0.25, 0.3) is 0 Å². The Balaban J connectivity index is 0. The fourth-order valence-corrected chi connectivity index (χ4v) is 0.455. The van der Waals surface area contributed by atoms with Gasteiger partial charge in [-0.2, -0.15) is 0 Å². The Hall–Kier alpha value is 0.320. The Bertz CT molecular complexity index is 143. The molecule has 0 aromatic rings. The van der Waals surface area contributed by atoms with Crippen molar-refractivity contribution in [3.05, 3.63) is 0 Å². The lowest BCUT2D eigenvalue weighted by Crippen LogP contribution is -2.03. The van der Waals surface area contributed by atoms with E-state index in [1.807, 2.05) is 0 Å². The molecule has 0 radical (unpaired) electrons. The summed E-state index contributed by atoms with van der Waals surface area (Å²) in [6, 6.07) is 0. The van der Waals surface area contributed by atoms with Gasteiger partial charge in [-0.15, -0.1) is 0 Å². The lowest BCUT2D eigenvalue weighted by Gasteiger charge is -2.00. The van der Waals surface area contributed by atoms with E-state index in [9.17, 15) is 4.57 Å². The average Bonchev–Trinajstić information content (AvgIpc) is 2.20. The van der Waals surface area contributed by atoms with Gasteiger partial charge in [-0.3, -0.25) is 0 Å². The fraction of sp³-hybridized carbons (Fsp3) is 1.00. The molecule has 0 heterocycles. The summed E-state index contributed by atoms with van der Waals surface area (Å²) < 4.78 is 23.3. The maximum absolute atomic E-state index is 10.3. The Morgan fingerprint density at radius 2 is 1.50 bits per heavy atom. The number of aliphatic hydroxyl groups excluding tert-OH is 2. The topological polar surface area (TPSA) is 85.2 Å². The number of aliphatic hydroxyl groups is 2. The third-order valence-electron chi connectivity index (χ3n) is 0.907. The van der Waals surface area contributed by atoms with Crippen LogP contribution in [0.25, 0.3) is 0 Å². The van der Waals surface area contributed by atoms with E-state index in [1.165, 1.54) is 14.2 Å². The van der Waals surface area contributed by atoms with Gasteiger partial charge in [0.15, 0.2) is 0 Å². The van der Waals surface area contributed by atoms with Crippen molar-refractivity contribution in [1.29, 1.82) is 0 Å². The van der Waals surface area contributed by atoms with Crippen molar-refractivity contribution in [1.82, 2.24) is 0 Å². The molecule has 0 aliphatic carbocycles. The van der Waals surface area contributed by atoms with Gasteiger partial charge >= 0.3 is 6.95 Å². The molecular formula is C6H16ClO6P. The second-order valence-electron chi connectivity index (χ2n) is 1.86. The molecule has 0 bridgehead atoms. The highest BCUT2D eigenvalue weighted by atomic mass is 35.7. The molecule has 2 N–H and O–H groups in total. The van der Waals surface area contributed by atoms with Gasteiger partial charge in [0, 0.05) is 25.5 Å². The second-order valence-corrected chi connectivity index (χ2v) is 4.69. The highest BCUT2D eigenvalue weighted by Gasteiger charge is 2.13. The number of rotatable bonds is 6. The van der Waals surface area contributed by atoms with Gasteiger partial charge in [0.2, 0.25) is 0 Å². The number of ether oxygens (including phenoxy) is 1. The van der Waals surface area contributed by atoms with Gasteiger partial charge in [-0.25, -0.2) is 4.57 Å². The molecule has 88 valence electrons. The SMILES string of the molecule is COP(=O)(Cl)OC.OCCOCCO. The van der Waals surface area contributed by atoms with Gasteiger partial charge in [0.1, 0.15) is 0 Å². The second kappa shape index (κ2) is 11.4. The van der Waals surface area contributed by atoms with Crippen molar-refractivity contribution in [2.24, 2.45) is 0 Å². The fourth-order valence-electron chi connectivity index (χ4n) is 0.306. The predicted molar refractivity (Wildman–Crippen MR) is 52.5 cm³/mol. The summed E-state index contributed by atoms with van der Waals surface area (Å²) in [5.41, 5.74) is 0. The minimum absolute atomic E-state index is 0.0278. The van der Waals surface area contributed by atoms with Crippen molar-refractivity contribution in [2.45, 2.75) is 0 Å². The summed E-state index contributed by atoms with van der Waals surface area (Å²) >= 11 is 5.02. The van der Waals surface area contributed by atoms with Crippen LogP contribution in [-0.4, -0.2) is 50.9 Å². The van der Waals surface area contributed by atoms with Crippen LogP contribution in [0, 0.1) is 0 Å². The normalized spacial score (nSPS) is 10.6. The van der Waals surface area contributed by atoms with Crippen LogP contribution >= 0.6 is 18.2 Å². The third-order valence-corrected chi connectivity index (χ3v) is 2.61. The van der Waals surface area contributed by atoms with Crippen molar-refractivity contribution in [3.63, 3.8) is 0 Å². The van der Waals surface area contributed by atoms with Crippen LogP contribution in [-0.2, 0) is 18.3 Å². The molecular weight excluding hydrogens is 234 g/mol. The number of halogens is 1. The molecule has 0 spiro atoms. The first-order valence-corrected chi connectivity index (χ1v) is 6.19. The first kappa shape index (κ1) is 16.7. The highest BCUT2D eigenvalue weighted by molar-refractivity contribution is 7.81. The zero-order chi connectivity index (χ0) is 11.4. The van der Waals surface area contributed by atoms with E-state index >= 15 is 0 Å². The molecule has 0 unspecified atom stereocenters. The summed E-state index contributed by atoms with van der Waals surface area (Å²) in [5.74, 6) is 0. The summed E-state index contributed by atoms with van der Waals surface area (Å²) in [7, 11) is 2.44. The Labute approximate surface area is 88.1 Å². The Morgan fingerprint density at radius 3 is 1.64 bits per heavy atom. The van der Waals surface area contributed by atoms with Crippen LogP contribution in [0.15, 0.2) is 0 Å². The quantitative estimate of drug-likeness (QED) is 0.531. The maximum atomic E-state index is 10.3. The summed E-state index contributed by atoms with van der Waals surface area (Å²) in [6.45, 7) is -2.49. The Morgan fingerprint density at radius 1 is 1.14 bits per heavy atom. The third kappa shape index (κ3) is 14.8. The molecule has 6 nitrogen and oxygen atoms in total. The molecule has 0 aromatic carbocycles. The van der Waals surface area contributed by atoms with Gasteiger partial charge < -0.3 is 24.0 Å². The molecule has 0 rings (SSSR count). The van der Waals surface area contributed by atoms with Crippen molar-refractivity contribution in [2.75, 3.05) is 40.6 Å². The van der Waals surface area contributed by atoms with Crippen molar-refractivity contribution in [3.8, 4) is 0 Å². The highest BCUT2D eigenvalue weighted by Crippen LogP contribution is 2.51. The molecule has 0 aromatic heterocycles. The molecule has 0 aliphatic heterocycles. The van der Waals surface area contributed by atoms with E-state index in [1.54, 1.807) is 0 Å². The minimum atomic E-state index is -3.18. The van der Waals surface area contributed by atoms with Crippen molar-refractivity contribution >= 4 is 18.2 Å². The largest absolute Gasteiger partial charge is 0.423 e. The van der Waals surface area contributed by atoms with Crippen LogP contribution < -0.4 is 0 Å². The standard InChI is InChI=1S/C4H10O3.C2H6ClO3P/c5-1-3-7-4-2-6;1-5-7(3,4)6-2/h5-6H,1-4H2;1-2H3. The van der Waals surface area contributed by atoms with Crippen LogP contribution in [0.2, 0.25) is 0 Å². The first-order valence-electron chi connectivity index (χ1n) is 3.74. The lowest BCUT2D eigenvalue weighted by molar-refractivity contribution is 0.0650. The zero-order valence-corrected chi connectivity index (χ0v) is 9.83. The summed E-state index contributed by atoms with van der Waals surface area (Å²) in [6.07, 6.45) is 0. The predicted octanol–water partition coefficient (Wildman–Crippen LogP) is 0.614. The lowest BCUT2D eigenvalue weighted by atomic mass is 10.7. The smallest absolute Gasteiger partial charge is 0.394 e. The molecule has 0 atom stereocenters. The molecule has 0 aliphatic rings. The minimum Gasteiger partial charge on any atom is -0.394 e. The van der Waals surface area contributed by atoms with Crippen LogP contribution in [0.1, 0.15) is 0 Å². The average molecular weight is 251 g/mol. The van der Waals surface area contributed by atoms with Crippen LogP contribution in [0.5, 0.6) is 0 Å².